The first-order valence-corrected chi connectivity index (χ1v) is 7.38. The van der Waals surface area contributed by atoms with Gasteiger partial charge in [0.25, 0.3) is 0 Å². The van der Waals surface area contributed by atoms with Crippen LogP contribution in [-0.4, -0.2) is 69.0 Å². The molecule has 4 nitrogen and oxygen atoms in total. The Bertz CT molecular complexity index is 251. The predicted molar refractivity (Wildman–Crippen MR) is 74.7 cm³/mol. The van der Waals surface area contributed by atoms with Crippen LogP contribution >= 0.6 is 0 Å². The molecule has 18 heavy (non-hydrogen) atoms. The highest BCUT2D eigenvalue weighted by Gasteiger charge is 2.46. The molecular formula is C14H29N3O. The predicted octanol–water partition coefficient (Wildman–Crippen LogP) is 1.13. The second kappa shape index (κ2) is 6.33. The van der Waals surface area contributed by atoms with Gasteiger partial charge in [-0.3, -0.25) is 4.90 Å². The van der Waals surface area contributed by atoms with Gasteiger partial charge in [-0.05, 0) is 40.5 Å². The molecule has 2 heterocycles. The lowest BCUT2D eigenvalue weighted by Gasteiger charge is -2.42. The minimum absolute atomic E-state index is 0.0557. The Morgan fingerprint density at radius 2 is 1.94 bits per heavy atom. The summed E-state index contributed by atoms with van der Waals surface area (Å²) in [5.74, 6) is 0. The van der Waals surface area contributed by atoms with E-state index in [2.05, 4.69) is 29.2 Å². The third kappa shape index (κ3) is 3.05. The van der Waals surface area contributed by atoms with Gasteiger partial charge in [-0.2, -0.15) is 0 Å². The smallest absolute Gasteiger partial charge is 0.124 e. The number of hydrogen-bond acceptors (Lipinski definition) is 4. The van der Waals surface area contributed by atoms with Gasteiger partial charge in [0.15, 0.2) is 0 Å². The van der Waals surface area contributed by atoms with E-state index in [1.807, 2.05) is 7.05 Å². The first-order chi connectivity index (χ1) is 8.68. The molecule has 2 aliphatic heterocycles. The fourth-order valence-corrected chi connectivity index (χ4v) is 3.22. The Morgan fingerprint density at radius 1 is 1.22 bits per heavy atom. The summed E-state index contributed by atoms with van der Waals surface area (Å²) in [5, 5.41) is 3.22. The molecule has 1 unspecified atom stereocenters. The van der Waals surface area contributed by atoms with Crippen LogP contribution in [0.3, 0.4) is 0 Å². The molecule has 0 bridgehead atoms. The van der Waals surface area contributed by atoms with E-state index in [9.17, 15) is 0 Å². The number of nitrogens with one attached hydrogen (secondary N) is 1. The van der Waals surface area contributed by atoms with Gasteiger partial charge >= 0.3 is 0 Å². The van der Waals surface area contributed by atoms with Crippen molar-refractivity contribution in [3.05, 3.63) is 0 Å². The Balaban J connectivity index is 1.79. The molecule has 1 spiro atoms. The van der Waals surface area contributed by atoms with Crippen LogP contribution in [0.15, 0.2) is 0 Å². The second-order valence-electron chi connectivity index (χ2n) is 5.92. The molecule has 0 aromatic carbocycles. The number of likely N-dealkylation sites (tertiary alicyclic amines) is 1. The van der Waals surface area contributed by atoms with E-state index in [1.165, 1.54) is 19.3 Å². The van der Waals surface area contributed by atoms with E-state index >= 15 is 0 Å². The Labute approximate surface area is 112 Å². The SMILES string of the molecule is CNCCCCC1COC2(CCN(C)CC2)N1C. The van der Waals surface area contributed by atoms with Crippen molar-refractivity contribution in [2.45, 2.75) is 43.9 Å². The quantitative estimate of drug-likeness (QED) is 0.745. The molecular weight excluding hydrogens is 226 g/mol. The van der Waals surface area contributed by atoms with Crippen LogP contribution in [0.1, 0.15) is 32.1 Å². The van der Waals surface area contributed by atoms with Gasteiger partial charge in [-0.1, -0.05) is 6.42 Å². The maximum atomic E-state index is 6.20. The molecule has 1 N–H and O–H groups in total. The normalized spacial score (nSPS) is 29.2. The van der Waals surface area contributed by atoms with Gasteiger partial charge in [0.2, 0.25) is 0 Å². The zero-order valence-electron chi connectivity index (χ0n) is 12.2. The third-order valence-electron chi connectivity index (χ3n) is 4.72. The highest BCUT2D eigenvalue weighted by atomic mass is 16.5. The third-order valence-corrected chi connectivity index (χ3v) is 4.72. The van der Waals surface area contributed by atoms with Crippen LogP contribution in [-0.2, 0) is 4.74 Å². The van der Waals surface area contributed by atoms with Crippen LogP contribution in [0.4, 0.5) is 0 Å². The topological polar surface area (TPSA) is 27.7 Å². The van der Waals surface area contributed by atoms with E-state index in [0.717, 1.165) is 39.1 Å². The monoisotopic (exact) mass is 255 g/mol. The average molecular weight is 255 g/mol. The van der Waals surface area contributed by atoms with E-state index < -0.39 is 0 Å². The van der Waals surface area contributed by atoms with Crippen molar-refractivity contribution < 1.29 is 4.74 Å². The zero-order chi connectivity index (χ0) is 13.0. The molecule has 1 atom stereocenters. The zero-order valence-corrected chi connectivity index (χ0v) is 12.2. The van der Waals surface area contributed by atoms with Crippen molar-refractivity contribution in [3.63, 3.8) is 0 Å². The number of ether oxygens (including phenoxy) is 1. The van der Waals surface area contributed by atoms with Gasteiger partial charge in [0.05, 0.1) is 6.61 Å². The standard InChI is InChI=1S/C14H29N3O/c1-15-9-5-4-6-13-12-18-14(17(13)3)7-10-16(2)11-8-14/h13,15H,4-12H2,1-3H3. The van der Waals surface area contributed by atoms with Crippen LogP contribution in [0.2, 0.25) is 0 Å². The van der Waals surface area contributed by atoms with Crippen molar-refractivity contribution in [3.8, 4) is 0 Å². The molecule has 2 aliphatic rings. The molecule has 2 rings (SSSR count). The summed E-state index contributed by atoms with van der Waals surface area (Å²) >= 11 is 0. The maximum Gasteiger partial charge on any atom is 0.124 e. The number of hydrogen-bond donors (Lipinski definition) is 1. The lowest BCUT2D eigenvalue weighted by atomic mass is 9.98. The van der Waals surface area contributed by atoms with Crippen molar-refractivity contribution in [1.82, 2.24) is 15.1 Å². The van der Waals surface area contributed by atoms with Crippen LogP contribution in [0.25, 0.3) is 0 Å². The number of piperidine rings is 1. The van der Waals surface area contributed by atoms with Gasteiger partial charge in [0.1, 0.15) is 5.72 Å². The maximum absolute atomic E-state index is 6.20. The molecule has 4 heteroatoms. The van der Waals surface area contributed by atoms with Gasteiger partial charge in [-0.15, -0.1) is 0 Å². The molecule has 0 aromatic rings. The lowest BCUT2D eigenvalue weighted by Crippen LogP contribution is -2.52. The summed E-state index contributed by atoms with van der Waals surface area (Å²) in [4.78, 5) is 4.93. The van der Waals surface area contributed by atoms with Crippen LogP contribution in [0.5, 0.6) is 0 Å². The lowest BCUT2D eigenvalue weighted by molar-refractivity contribution is -0.110. The van der Waals surface area contributed by atoms with Gasteiger partial charge in [-0.25, -0.2) is 0 Å². The summed E-state index contributed by atoms with van der Waals surface area (Å²) in [6.45, 7) is 4.39. The molecule has 0 aliphatic carbocycles. The van der Waals surface area contributed by atoms with Crippen molar-refractivity contribution in [1.29, 1.82) is 0 Å². The highest BCUT2D eigenvalue weighted by molar-refractivity contribution is 4.93. The Kier molecular flexibility index (Phi) is 5.01. The minimum Gasteiger partial charge on any atom is -0.359 e. The number of rotatable bonds is 5. The number of likely N-dealkylation sites (N-methyl/N-ethyl adjacent to an activating group) is 1. The van der Waals surface area contributed by atoms with E-state index in [-0.39, 0.29) is 5.72 Å². The highest BCUT2D eigenvalue weighted by Crippen LogP contribution is 2.36. The minimum atomic E-state index is 0.0557. The molecule has 106 valence electrons. The average Bonchev–Trinajstić information content (AvgIpc) is 2.68. The van der Waals surface area contributed by atoms with E-state index in [1.54, 1.807) is 0 Å². The first kappa shape index (κ1) is 14.3. The van der Waals surface area contributed by atoms with Crippen molar-refractivity contribution in [2.75, 3.05) is 47.4 Å². The summed E-state index contributed by atoms with van der Waals surface area (Å²) in [6.07, 6.45) is 6.17. The number of nitrogens with zero attached hydrogens (tertiary/aromatic N) is 2. The van der Waals surface area contributed by atoms with Crippen LogP contribution < -0.4 is 5.32 Å². The molecule has 0 radical (unpaired) electrons. The van der Waals surface area contributed by atoms with Crippen molar-refractivity contribution >= 4 is 0 Å². The van der Waals surface area contributed by atoms with E-state index in [0.29, 0.717) is 6.04 Å². The Hall–Kier alpha value is -0.160. The van der Waals surface area contributed by atoms with Crippen molar-refractivity contribution in [2.24, 2.45) is 0 Å². The Morgan fingerprint density at radius 3 is 2.61 bits per heavy atom. The fraction of sp³-hybridized carbons (Fsp3) is 1.00. The second-order valence-corrected chi connectivity index (χ2v) is 5.92. The molecule has 0 saturated carbocycles. The first-order valence-electron chi connectivity index (χ1n) is 7.38. The largest absolute Gasteiger partial charge is 0.359 e. The number of unbranched alkanes of at least 4 members (excludes halogenated alkanes) is 1. The molecule has 2 saturated heterocycles. The molecule has 0 aromatic heterocycles. The molecule has 2 fully saturated rings. The van der Waals surface area contributed by atoms with E-state index in [4.69, 9.17) is 4.74 Å². The molecule has 0 amide bonds. The van der Waals surface area contributed by atoms with Gasteiger partial charge < -0.3 is 15.0 Å². The van der Waals surface area contributed by atoms with Crippen LogP contribution in [0, 0.1) is 0 Å². The summed E-state index contributed by atoms with van der Waals surface area (Å²) in [6, 6.07) is 0.630. The fourth-order valence-electron chi connectivity index (χ4n) is 3.22. The summed E-state index contributed by atoms with van der Waals surface area (Å²) < 4.78 is 6.20. The van der Waals surface area contributed by atoms with Gasteiger partial charge in [0, 0.05) is 32.0 Å². The summed E-state index contributed by atoms with van der Waals surface area (Å²) in [7, 11) is 6.50. The summed E-state index contributed by atoms with van der Waals surface area (Å²) in [5.41, 5.74) is 0.0557.